The molecule has 1 saturated carbocycles. The summed E-state index contributed by atoms with van der Waals surface area (Å²) >= 11 is 1.23. The fourth-order valence-corrected chi connectivity index (χ4v) is 3.77. The molecule has 1 aliphatic rings. The second-order valence-electron chi connectivity index (χ2n) is 6.89. The number of rotatable bonds is 6. The fourth-order valence-electron chi connectivity index (χ4n) is 2.87. The van der Waals surface area contributed by atoms with Gasteiger partial charge in [-0.05, 0) is 31.9 Å². The average Bonchev–Trinajstić information content (AvgIpc) is 3.26. The Balaban J connectivity index is 1.75. The van der Waals surface area contributed by atoms with Crippen molar-refractivity contribution in [2.45, 2.75) is 45.3 Å². The zero-order chi connectivity index (χ0) is 20.6. The lowest BCUT2D eigenvalue weighted by molar-refractivity contribution is -0.141. The first-order valence-corrected chi connectivity index (χ1v) is 9.56. The van der Waals surface area contributed by atoms with E-state index >= 15 is 0 Å². The first-order valence-electron chi connectivity index (χ1n) is 8.74. The highest BCUT2D eigenvalue weighted by atomic mass is 32.1. The van der Waals surface area contributed by atoms with Crippen LogP contribution in [-0.2, 0) is 22.3 Å². The fraction of sp³-hybridized carbons (Fsp3) is 0.500. The zero-order valence-corrected chi connectivity index (χ0v) is 16.4. The van der Waals surface area contributed by atoms with E-state index in [1.54, 1.807) is 19.9 Å². The number of alkyl halides is 3. The maximum absolute atomic E-state index is 13.0. The minimum atomic E-state index is -4.52. The van der Waals surface area contributed by atoms with Crippen molar-refractivity contribution in [3.8, 4) is 0 Å². The number of anilines is 1. The summed E-state index contributed by atoms with van der Waals surface area (Å²) in [6.07, 6.45) is -2.88. The molecule has 0 saturated heterocycles. The zero-order valence-electron chi connectivity index (χ0n) is 15.6. The smallest absolute Gasteiger partial charge is 0.435 e. The van der Waals surface area contributed by atoms with Crippen molar-refractivity contribution in [2.24, 2.45) is 5.92 Å². The number of ether oxygens (including phenoxy) is 1. The van der Waals surface area contributed by atoms with Gasteiger partial charge in [-0.2, -0.15) is 18.3 Å². The van der Waals surface area contributed by atoms with Crippen molar-refractivity contribution in [1.29, 1.82) is 0 Å². The molecule has 0 aliphatic heterocycles. The molecule has 0 spiro atoms. The van der Waals surface area contributed by atoms with Crippen LogP contribution in [0.1, 0.15) is 52.3 Å². The number of thiophene rings is 1. The number of hydrogen-bond donors (Lipinski definition) is 1. The van der Waals surface area contributed by atoms with Crippen molar-refractivity contribution in [3.05, 3.63) is 34.0 Å². The third-order valence-electron chi connectivity index (χ3n) is 4.49. The molecule has 1 amide bonds. The monoisotopic (exact) mass is 415 g/mol. The molecule has 6 nitrogen and oxygen atoms in total. The Bertz CT molecular complexity index is 900. The van der Waals surface area contributed by atoms with E-state index in [0.29, 0.717) is 10.7 Å². The van der Waals surface area contributed by atoms with Gasteiger partial charge in [0.25, 0.3) is 0 Å². The second-order valence-corrected chi connectivity index (χ2v) is 8.15. The van der Waals surface area contributed by atoms with Gasteiger partial charge >= 0.3 is 12.1 Å². The SMILES string of the molecule is COC(=O)c1cc(C)sc1NC(=O)C(C)Cn1nc(C(F)(F)F)cc1C1CC1. The number of nitrogens with zero attached hydrogens (tertiary/aromatic N) is 2. The second kappa shape index (κ2) is 7.57. The van der Waals surface area contributed by atoms with Crippen molar-refractivity contribution in [3.63, 3.8) is 0 Å². The Labute approximate surface area is 163 Å². The molecule has 0 bridgehead atoms. The molecular formula is C18H20F3N3O3S. The average molecular weight is 415 g/mol. The molecule has 1 atom stereocenters. The highest BCUT2D eigenvalue weighted by Crippen LogP contribution is 2.42. The number of amides is 1. The van der Waals surface area contributed by atoms with Crippen LogP contribution in [-0.4, -0.2) is 28.8 Å². The van der Waals surface area contributed by atoms with Crippen LogP contribution < -0.4 is 5.32 Å². The van der Waals surface area contributed by atoms with Gasteiger partial charge in [-0.25, -0.2) is 4.79 Å². The maximum atomic E-state index is 13.0. The molecule has 3 rings (SSSR count). The number of nitrogens with one attached hydrogen (secondary N) is 1. The summed E-state index contributed by atoms with van der Waals surface area (Å²) in [5, 5.41) is 6.72. The van der Waals surface area contributed by atoms with Crippen molar-refractivity contribution < 1.29 is 27.5 Å². The van der Waals surface area contributed by atoms with Crippen molar-refractivity contribution in [2.75, 3.05) is 12.4 Å². The molecule has 10 heteroatoms. The molecular weight excluding hydrogens is 395 g/mol. The summed E-state index contributed by atoms with van der Waals surface area (Å²) in [7, 11) is 1.25. The first-order chi connectivity index (χ1) is 13.1. The van der Waals surface area contributed by atoms with Crippen LogP contribution in [0.4, 0.5) is 18.2 Å². The number of aryl methyl sites for hydroxylation is 1. The van der Waals surface area contributed by atoms with E-state index in [4.69, 9.17) is 4.74 Å². The van der Waals surface area contributed by atoms with E-state index in [-0.39, 0.29) is 18.0 Å². The lowest BCUT2D eigenvalue weighted by Crippen LogP contribution is -2.26. The van der Waals surface area contributed by atoms with E-state index in [2.05, 4.69) is 10.4 Å². The Hall–Kier alpha value is -2.36. The molecule has 1 N–H and O–H groups in total. The molecule has 2 aromatic rings. The van der Waals surface area contributed by atoms with Gasteiger partial charge in [0.2, 0.25) is 5.91 Å². The number of methoxy groups -OCH3 is 1. The number of hydrogen-bond acceptors (Lipinski definition) is 5. The van der Waals surface area contributed by atoms with Crippen LogP contribution in [0.3, 0.4) is 0 Å². The van der Waals surface area contributed by atoms with E-state index in [1.165, 1.54) is 23.1 Å². The van der Waals surface area contributed by atoms with E-state index in [0.717, 1.165) is 23.8 Å². The van der Waals surface area contributed by atoms with Gasteiger partial charge in [0.15, 0.2) is 5.69 Å². The van der Waals surface area contributed by atoms with Crippen LogP contribution in [0.2, 0.25) is 0 Å². The van der Waals surface area contributed by atoms with Crippen LogP contribution in [0.15, 0.2) is 12.1 Å². The van der Waals surface area contributed by atoms with Gasteiger partial charge < -0.3 is 10.1 Å². The van der Waals surface area contributed by atoms with Crippen LogP contribution >= 0.6 is 11.3 Å². The Morgan fingerprint density at radius 1 is 1.39 bits per heavy atom. The number of aromatic nitrogens is 2. The molecule has 2 aromatic heterocycles. The van der Waals surface area contributed by atoms with E-state index in [9.17, 15) is 22.8 Å². The largest absolute Gasteiger partial charge is 0.465 e. The Kier molecular flexibility index (Phi) is 5.51. The first kappa shape index (κ1) is 20.4. The minimum absolute atomic E-state index is 0.0195. The number of carbonyl (C=O) groups is 2. The summed E-state index contributed by atoms with van der Waals surface area (Å²) in [5.74, 6) is -1.56. The Morgan fingerprint density at radius 3 is 2.64 bits per heavy atom. The highest BCUT2D eigenvalue weighted by molar-refractivity contribution is 7.16. The van der Waals surface area contributed by atoms with Gasteiger partial charge in [-0.1, -0.05) is 6.92 Å². The third-order valence-corrected chi connectivity index (χ3v) is 5.45. The third kappa shape index (κ3) is 4.37. The summed E-state index contributed by atoms with van der Waals surface area (Å²) < 4.78 is 45.0. The van der Waals surface area contributed by atoms with Gasteiger partial charge in [0.05, 0.1) is 25.1 Å². The number of halogens is 3. The van der Waals surface area contributed by atoms with Crippen molar-refractivity contribution >= 4 is 28.2 Å². The van der Waals surface area contributed by atoms with Crippen LogP contribution in [0, 0.1) is 12.8 Å². The van der Waals surface area contributed by atoms with E-state index in [1.807, 2.05) is 0 Å². The standard InChI is InChI=1S/C18H20F3N3O3S/c1-9(15(25)22-16-12(17(26)27-3)6-10(2)28-16)8-24-13(11-4-5-11)7-14(23-24)18(19,20)21/h6-7,9,11H,4-5,8H2,1-3H3,(H,22,25). The molecule has 1 unspecified atom stereocenters. The summed E-state index contributed by atoms with van der Waals surface area (Å²) in [6.45, 7) is 3.42. The maximum Gasteiger partial charge on any atom is 0.435 e. The minimum Gasteiger partial charge on any atom is -0.465 e. The predicted octanol–water partition coefficient (Wildman–Crippen LogP) is 4.21. The number of esters is 1. The van der Waals surface area contributed by atoms with Gasteiger partial charge in [-0.15, -0.1) is 11.3 Å². The van der Waals surface area contributed by atoms with Gasteiger partial charge in [0.1, 0.15) is 5.00 Å². The lowest BCUT2D eigenvalue weighted by Gasteiger charge is -2.14. The van der Waals surface area contributed by atoms with Crippen LogP contribution in [0.5, 0.6) is 0 Å². The van der Waals surface area contributed by atoms with Gasteiger partial charge in [0, 0.05) is 16.5 Å². The summed E-state index contributed by atoms with van der Waals surface area (Å²) in [6, 6.07) is 2.69. The van der Waals surface area contributed by atoms with Crippen LogP contribution in [0.25, 0.3) is 0 Å². The Morgan fingerprint density at radius 2 is 2.07 bits per heavy atom. The summed E-state index contributed by atoms with van der Waals surface area (Å²) in [5.41, 5.74) is -0.180. The molecule has 1 fully saturated rings. The molecule has 2 heterocycles. The molecule has 28 heavy (non-hydrogen) atoms. The summed E-state index contributed by atoms with van der Waals surface area (Å²) in [4.78, 5) is 25.2. The molecule has 1 aliphatic carbocycles. The quantitative estimate of drug-likeness (QED) is 0.718. The molecule has 0 radical (unpaired) electrons. The normalized spacial score (nSPS) is 15.4. The van der Waals surface area contributed by atoms with Crippen molar-refractivity contribution in [1.82, 2.24) is 9.78 Å². The molecule has 0 aromatic carbocycles. The predicted molar refractivity (Wildman–Crippen MR) is 97.4 cm³/mol. The molecule has 152 valence electrons. The topological polar surface area (TPSA) is 73.2 Å². The van der Waals surface area contributed by atoms with E-state index < -0.39 is 29.7 Å². The lowest BCUT2D eigenvalue weighted by atomic mass is 10.1. The van der Waals surface area contributed by atoms with Gasteiger partial charge in [-0.3, -0.25) is 9.48 Å². The highest BCUT2D eigenvalue weighted by Gasteiger charge is 2.38. The number of carbonyl (C=O) groups excluding carboxylic acids is 2.